The lowest BCUT2D eigenvalue weighted by Gasteiger charge is -2.07. The number of rotatable bonds is 5. The maximum atomic E-state index is 13.9. The van der Waals surface area contributed by atoms with E-state index in [2.05, 4.69) is 17.3 Å². The highest BCUT2D eigenvalue weighted by Crippen LogP contribution is 2.25. The van der Waals surface area contributed by atoms with Gasteiger partial charge in [-0.3, -0.25) is 4.68 Å². The summed E-state index contributed by atoms with van der Waals surface area (Å²) in [6, 6.07) is 5.38. The first kappa shape index (κ1) is 13.7. The molecule has 0 spiro atoms. The van der Waals surface area contributed by atoms with E-state index in [0.29, 0.717) is 12.1 Å². The summed E-state index contributed by atoms with van der Waals surface area (Å²) >= 11 is 0. The van der Waals surface area contributed by atoms with Gasteiger partial charge < -0.3 is 5.32 Å². The van der Waals surface area contributed by atoms with Crippen LogP contribution in [0.2, 0.25) is 0 Å². The summed E-state index contributed by atoms with van der Waals surface area (Å²) in [5.74, 6) is -0.172. The van der Waals surface area contributed by atoms with Gasteiger partial charge in [-0.15, -0.1) is 0 Å². The van der Waals surface area contributed by atoms with E-state index < -0.39 is 0 Å². The fraction of sp³-hybridized carbons (Fsp3) is 0.400. The predicted molar refractivity (Wildman–Crippen MR) is 75.4 cm³/mol. The Hall–Kier alpha value is -1.68. The van der Waals surface area contributed by atoms with Crippen molar-refractivity contribution < 1.29 is 4.39 Å². The van der Waals surface area contributed by atoms with Gasteiger partial charge in [-0.05, 0) is 32.0 Å². The average Bonchev–Trinajstić information content (AvgIpc) is 2.75. The summed E-state index contributed by atoms with van der Waals surface area (Å²) in [5, 5.41) is 7.31. The van der Waals surface area contributed by atoms with Crippen molar-refractivity contribution in [1.82, 2.24) is 15.1 Å². The predicted octanol–water partition coefficient (Wildman–Crippen LogP) is 3.13. The molecule has 0 aliphatic heterocycles. The van der Waals surface area contributed by atoms with E-state index in [9.17, 15) is 4.39 Å². The van der Waals surface area contributed by atoms with Crippen molar-refractivity contribution in [2.24, 2.45) is 0 Å². The number of aryl methyl sites for hydroxylation is 1. The zero-order valence-corrected chi connectivity index (χ0v) is 11.7. The van der Waals surface area contributed by atoms with Crippen LogP contribution in [-0.4, -0.2) is 16.8 Å². The molecule has 0 aliphatic rings. The number of nitrogens with zero attached hydrogens (tertiary/aromatic N) is 2. The van der Waals surface area contributed by atoms with Gasteiger partial charge in [0, 0.05) is 29.9 Å². The molecular weight excluding hydrogens is 241 g/mol. The molecule has 1 aromatic carbocycles. The van der Waals surface area contributed by atoms with Gasteiger partial charge in [0.15, 0.2) is 0 Å². The molecule has 0 amide bonds. The number of aromatic nitrogens is 2. The Morgan fingerprint density at radius 2 is 2.16 bits per heavy atom. The van der Waals surface area contributed by atoms with E-state index in [-0.39, 0.29) is 5.82 Å². The molecule has 2 aromatic rings. The van der Waals surface area contributed by atoms with Crippen molar-refractivity contribution in [3.8, 4) is 11.1 Å². The van der Waals surface area contributed by atoms with E-state index in [4.69, 9.17) is 0 Å². The van der Waals surface area contributed by atoms with Gasteiger partial charge in [0.1, 0.15) is 5.82 Å². The van der Waals surface area contributed by atoms with E-state index >= 15 is 0 Å². The van der Waals surface area contributed by atoms with Gasteiger partial charge in [0.05, 0.1) is 6.20 Å². The van der Waals surface area contributed by atoms with Gasteiger partial charge in [-0.1, -0.05) is 19.1 Å². The highest BCUT2D eigenvalue weighted by Gasteiger charge is 2.10. The monoisotopic (exact) mass is 261 g/mol. The maximum absolute atomic E-state index is 13.9. The Morgan fingerprint density at radius 3 is 2.79 bits per heavy atom. The number of hydrogen-bond donors (Lipinski definition) is 1. The molecule has 0 aliphatic carbocycles. The van der Waals surface area contributed by atoms with Crippen molar-refractivity contribution in [3.05, 3.63) is 41.5 Å². The third-order valence-corrected chi connectivity index (χ3v) is 3.27. The fourth-order valence-electron chi connectivity index (χ4n) is 2.22. The molecule has 19 heavy (non-hydrogen) atoms. The van der Waals surface area contributed by atoms with E-state index in [1.807, 2.05) is 37.0 Å². The minimum Gasteiger partial charge on any atom is -0.316 e. The summed E-state index contributed by atoms with van der Waals surface area (Å²) < 4.78 is 15.9. The van der Waals surface area contributed by atoms with Crippen LogP contribution in [0.1, 0.15) is 24.6 Å². The number of nitrogens with one attached hydrogen (secondary N) is 1. The third-order valence-electron chi connectivity index (χ3n) is 3.27. The minimum atomic E-state index is -0.172. The van der Waals surface area contributed by atoms with Gasteiger partial charge in [0.2, 0.25) is 0 Å². The lowest BCUT2D eigenvalue weighted by Crippen LogP contribution is -2.06. The summed E-state index contributed by atoms with van der Waals surface area (Å²) in [7, 11) is 1.81. The molecule has 0 fully saturated rings. The molecule has 0 bridgehead atoms. The van der Waals surface area contributed by atoms with Crippen LogP contribution in [-0.2, 0) is 13.1 Å². The van der Waals surface area contributed by atoms with Crippen LogP contribution >= 0.6 is 0 Å². The second-order valence-electron chi connectivity index (χ2n) is 4.70. The normalized spacial score (nSPS) is 10.9. The summed E-state index contributed by atoms with van der Waals surface area (Å²) in [6.45, 7) is 5.58. The molecule has 0 unspecified atom stereocenters. The Kier molecular flexibility index (Phi) is 4.32. The molecule has 3 nitrogen and oxygen atoms in total. The third kappa shape index (κ3) is 2.84. The zero-order chi connectivity index (χ0) is 13.8. The molecule has 1 heterocycles. The van der Waals surface area contributed by atoms with Gasteiger partial charge in [-0.2, -0.15) is 5.10 Å². The van der Waals surface area contributed by atoms with Crippen molar-refractivity contribution in [2.75, 3.05) is 7.05 Å². The standard InChI is InChI=1S/C15H20FN3/c1-4-7-19-11(2)14(10-18-19)12-5-6-13(9-17-3)15(16)8-12/h5-6,8,10,17H,4,7,9H2,1-3H3. The highest BCUT2D eigenvalue weighted by atomic mass is 19.1. The molecule has 0 atom stereocenters. The van der Waals surface area contributed by atoms with Crippen LogP contribution in [0.4, 0.5) is 4.39 Å². The Bertz CT molecular complexity index is 561. The van der Waals surface area contributed by atoms with Gasteiger partial charge in [-0.25, -0.2) is 4.39 Å². The minimum absolute atomic E-state index is 0.172. The molecule has 2 rings (SSSR count). The van der Waals surface area contributed by atoms with Crippen molar-refractivity contribution in [3.63, 3.8) is 0 Å². The van der Waals surface area contributed by atoms with Crippen LogP contribution in [0.5, 0.6) is 0 Å². The van der Waals surface area contributed by atoms with Crippen LogP contribution in [0, 0.1) is 12.7 Å². The van der Waals surface area contributed by atoms with E-state index in [0.717, 1.165) is 29.8 Å². The lowest BCUT2D eigenvalue weighted by atomic mass is 10.0. The van der Waals surface area contributed by atoms with Crippen LogP contribution in [0.3, 0.4) is 0 Å². The number of benzene rings is 1. The molecule has 0 saturated heterocycles. The molecule has 102 valence electrons. The molecule has 0 radical (unpaired) electrons. The summed E-state index contributed by atoms with van der Waals surface area (Å²) in [4.78, 5) is 0. The molecular formula is C15H20FN3. The first-order valence-corrected chi connectivity index (χ1v) is 6.63. The number of hydrogen-bond acceptors (Lipinski definition) is 2. The Morgan fingerprint density at radius 1 is 1.37 bits per heavy atom. The maximum Gasteiger partial charge on any atom is 0.128 e. The second kappa shape index (κ2) is 5.97. The largest absolute Gasteiger partial charge is 0.316 e. The van der Waals surface area contributed by atoms with Gasteiger partial charge >= 0.3 is 0 Å². The van der Waals surface area contributed by atoms with Crippen molar-refractivity contribution >= 4 is 0 Å². The van der Waals surface area contributed by atoms with E-state index in [1.165, 1.54) is 0 Å². The molecule has 0 saturated carbocycles. The van der Waals surface area contributed by atoms with Crippen LogP contribution < -0.4 is 5.32 Å². The molecule has 1 aromatic heterocycles. The first-order chi connectivity index (χ1) is 9.17. The fourth-order valence-corrected chi connectivity index (χ4v) is 2.22. The lowest BCUT2D eigenvalue weighted by molar-refractivity contribution is 0.587. The summed E-state index contributed by atoms with van der Waals surface area (Å²) in [5.41, 5.74) is 3.66. The van der Waals surface area contributed by atoms with Crippen molar-refractivity contribution in [1.29, 1.82) is 0 Å². The van der Waals surface area contributed by atoms with Crippen LogP contribution in [0.25, 0.3) is 11.1 Å². The Labute approximate surface area is 113 Å². The van der Waals surface area contributed by atoms with Crippen LogP contribution in [0.15, 0.2) is 24.4 Å². The quantitative estimate of drug-likeness (QED) is 0.896. The average molecular weight is 261 g/mol. The molecule has 1 N–H and O–H groups in total. The first-order valence-electron chi connectivity index (χ1n) is 6.63. The Balaban J connectivity index is 2.34. The highest BCUT2D eigenvalue weighted by molar-refractivity contribution is 5.65. The summed E-state index contributed by atoms with van der Waals surface area (Å²) in [6.07, 6.45) is 2.86. The smallest absolute Gasteiger partial charge is 0.128 e. The SMILES string of the molecule is CCCn1ncc(-c2ccc(CNC)c(F)c2)c1C. The van der Waals surface area contributed by atoms with Gasteiger partial charge in [0.25, 0.3) is 0 Å². The topological polar surface area (TPSA) is 29.9 Å². The van der Waals surface area contributed by atoms with Crippen molar-refractivity contribution in [2.45, 2.75) is 33.4 Å². The number of halogens is 1. The zero-order valence-electron chi connectivity index (χ0n) is 11.7. The van der Waals surface area contributed by atoms with E-state index in [1.54, 1.807) is 6.07 Å². The second-order valence-corrected chi connectivity index (χ2v) is 4.70. The molecule has 4 heteroatoms.